The molecule has 116 valence electrons. The van der Waals surface area contributed by atoms with Gasteiger partial charge in [0, 0.05) is 19.9 Å². The zero-order valence-corrected chi connectivity index (χ0v) is 12.8. The minimum absolute atomic E-state index is 0.0295. The van der Waals surface area contributed by atoms with E-state index < -0.39 is 0 Å². The summed E-state index contributed by atoms with van der Waals surface area (Å²) in [4.78, 5) is 17.3. The molecule has 0 unspecified atom stereocenters. The molecule has 1 N–H and O–H groups in total. The molecule has 3 aromatic rings. The molecule has 0 bridgehead atoms. The molecule has 0 saturated heterocycles. The van der Waals surface area contributed by atoms with Crippen LogP contribution in [-0.2, 0) is 11.3 Å². The standard InChI is InChI=1S/C16H15N5O2/c1-10-4-3-5-21-14(10)19-15-12(16(21)22)8-11(9-17)13(18)20(15)6-7-23-2/h3-5,8,18H,6-7H2,1-2H3. The van der Waals surface area contributed by atoms with Crippen molar-refractivity contribution < 1.29 is 4.74 Å². The van der Waals surface area contributed by atoms with E-state index >= 15 is 0 Å². The summed E-state index contributed by atoms with van der Waals surface area (Å²) in [6, 6.07) is 7.05. The SMILES string of the molecule is COCCn1c(=N)c(C#N)cc2c(=O)n3cccc(C)c3nc21. The predicted molar refractivity (Wildman–Crippen MR) is 84.1 cm³/mol. The fourth-order valence-electron chi connectivity index (χ4n) is 2.58. The summed E-state index contributed by atoms with van der Waals surface area (Å²) in [6.45, 7) is 2.57. The number of ether oxygens (including phenoxy) is 1. The lowest BCUT2D eigenvalue weighted by molar-refractivity contribution is 0.187. The van der Waals surface area contributed by atoms with Crippen molar-refractivity contribution in [1.29, 1.82) is 10.7 Å². The molecular formula is C16H15N5O2. The number of nitrogens with zero attached hydrogens (tertiary/aromatic N) is 4. The maximum absolute atomic E-state index is 12.8. The van der Waals surface area contributed by atoms with Crippen LogP contribution in [0.25, 0.3) is 16.7 Å². The van der Waals surface area contributed by atoms with Crippen molar-refractivity contribution in [1.82, 2.24) is 14.0 Å². The highest BCUT2D eigenvalue weighted by Gasteiger charge is 2.13. The summed E-state index contributed by atoms with van der Waals surface area (Å²) in [5.41, 5.74) is 1.71. The van der Waals surface area contributed by atoms with Gasteiger partial charge < -0.3 is 9.30 Å². The number of hydrogen-bond acceptors (Lipinski definition) is 5. The van der Waals surface area contributed by atoms with E-state index in [1.807, 2.05) is 19.1 Å². The minimum atomic E-state index is -0.253. The number of methoxy groups -OCH3 is 1. The Hall–Kier alpha value is -2.98. The first-order valence-corrected chi connectivity index (χ1v) is 7.07. The molecule has 0 aliphatic carbocycles. The smallest absolute Gasteiger partial charge is 0.267 e. The number of fused-ring (bicyclic) bond motifs is 2. The van der Waals surface area contributed by atoms with E-state index in [2.05, 4.69) is 4.98 Å². The van der Waals surface area contributed by atoms with Gasteiger partial charge in [-0.1, -0.05) is 6.07 Å². The second-order valence-corrected chi connectivity index (χ2v) is 5.20. The van der Waals surface area contributed by atoms with Crippen LogP contribution in [0.5, 0.6) is 0 Å². The van der Waals surface area contributed by atoms with Gasteiger partial charge in [-0.25, -0.2) is 4.98 Å². The Balaban J connectivity index is 2.53. The number of nitriles is 1. The molecule has 0 amide bonds. The Morgan fingerprint density at radius 2 is 2.22 bits per heavy atom. The van der Waals surface area contributed by atoms with Gasteiger partial charge in [0.15, 0.2) is 0 Å². The first kappa shape index (κ1) is 14.9. The first-order valence-electron chi connectivity index (χ1n) is 7.07. The van der Waals surface area contributed by atoms with Crippen LogP contribution in [0.3, 0.4) is 0 Å². The molecule has 3 aromatic heterocycles. The molecular weight excluding hydrogens is 294 g/mol. The Labute approximate surface area is 131 Å². The van der Waals surface area contributed by atoms with E-state index in [4.69, 9.17) is 10.1 Å². The second-order valence-electron chi connectivity index (χ2n) is 5.20. The fourth-order valence-corrected chi connectivity index (χ4v) is 2.58. The molecule has 23 heavy (non-hydrogen) atoms. The molecule has 0 fully saturated rings. The summed E-state index contributed by atoms with van der Waals surface area (Å²) in [7, 11) is 1.56. The lowest BCUT2D eigenvalue weighted by atomic mass is 10.2. The minimum Gasteiger partial charge on any atom is -0.383 e. The zero-order chi connectivity index (χ0) is 16.6. The Bertz CT molecular complexity index is 1070. The molecule has 0 aliphatic rings. The van der Waals surface area contributed by atoms with Crippen molar-refractivity contribution in [2.24, 2.45) is 0 Å². The van der Waals surface area contributed by atoms with Crippen LogP contribution in [0.1, 0.15) is 11.1 Å². The summed E-state index contributed by atoms with van der Waals surface area (Å²) < 4.78 is 8.07. The first-order chi connectivity index (χ1) is 11.1. The van der Waals surface area contributed by atoms with Gasteiger partial charge in [0.2, 0.25) is 0 Å². The van der Waals surface area contributed by atoms with E-state index in [-0.39, 0.29) is 16.6 Å². The molecule has 0 saturated carbocycles. The average Bonchev–Trinajstić information content (AvgIpc) is 2.55. The molecule has 0 aromatic carbocycles. The molecule has 0 atom stereocenters. The van der Waals surface area contributed by atoms with E-state index in [9.17, 15) is 10.1 Å². The molecule has 7 heteroatoms. The Kier molecular flexibility index (Phi) is 3.68. The van der Waals surface area contributed by atoms with Gasteiger partial charge in [-0.15, -0.1) is 0 Å². The highest BCUT2D eigenvalue weighted by molar-refractivity contribution is 5.78. The van der Waals surface area contributed by atoms with Crippen LogP contribution in [0, 0.1) is 23.7 Å². The van der Waals surface area contributed by atoms with Crippen LogP contribution in [0.4, 0.5) is 0 Å². The van der Waals surface area contributed by atoms with Gasteiger partial charge in [-0.3, -0.25) is 14.6 Å². The third-order valence-corrected chi connectivity index (χ3v) is 3.77. The number of aryl methyl sites for hydroxylation is 1. The van der Waals surface area contributed by atoms with Gasteiger partial charge in [0.1, 0.15) is 22.9 Å². The average molecular weight is 309 g/mol. The van der Waals surface area contributed by atoms with Gasteiger partial charge in [0.25, 0.3) is 5.56 Å². The Morgan fingerprint density at radius 3 is 2.91 bits per heavy atom. The highest BCUT2D eigenvalue weighted by Crippen LogP contribution is 2.12. The van der Waals surface area contributed by atoms with Crippen molar-refractivity contribution in [3.8, 4) is 6.07 Å². The molecule has 0 radical (unpaired) electrons. The van der Waals surface area contributed by atoms with E-state index in [0.717, 1.165) is 5.56 Å². The third kappa shape index (κ3) is 2.29. The van der Waals surface area contributed by atoms with Crippen LogP contribution >= 0.6 is 0 Å². The van der Waals surface area contributed by atoms with Crippen LogP contribution in [-0.4, -0.2) is 27.7 Å². The van der Waals surface area contributed by atoms with Gasteiger partial charge in [0.05, 0.1) is 17.6 Å². The maximum atomic E-state index is 12.8. The quantitative estimate of drug-likeness (QED) is 0.729. The van der Waals surface area contributed by atoms with Crippen molar-refractivity contribution in [2.75, 3.05) is 13.7 Å². The van der Waals surface area contributed by atoms with Gasteiger partial charge in [-0.2, -0.15) is 5.26 Å². The van der Waals surface area contributed by atoms with Crippen molar-refractivity contribution in [3.05, 3.63) is 51.4 Å². The second kappa shape index (κ2) is 5.66. The fraction of sp³-hybridized carbons (Fsp3) is 0.250. The molecule has 3 rings (SSSR count). The summed E-state index contributed by atoms with van der Waals surface area (Å²) in [6.07, 6.45) is 1.65. The molecule has 0 aliphatic heterocycles. The third-order valence-electron chi connectivity index (χ3n) is 3.77. The predicted octanol–water partition coefficient (Wildman–Crippen LogP) is 0.955. The van der Waals surface area contributed by atoms with Crippen molar-refractivity contribution >= 4 is 16.7 Å². The number of rotatable bonds is 3. The molecule has 7 nitrogen and oxygen atoms in total. The largest absolute Gasteiger partial charge is 0.383 e. The topological polar surface area (TPSA) is 96.2 Å². The number of hydrogen-bond donors (Lipinski definition) is 1. The van der Waals surface area contributed by atoms with Crippen molar-refractivity contribution in [2.45, 2.75) is 13.5 Å². The Morgan fingerprint density at radius 1 is 1.43 bits per heavy atom. The lowest BCUT2D eigenvalue weighted by Gasteiger charge is -2.13. The van der Waals surface area contributed by atoms with Crippen molar-refractivity contribution in [3.63, 3.8) is 0 Å². The summed E-state index contributed by atoms with van der Waals surface area (Å²) in [5, 5.41) is 17.7. The van der Waals surface area contributed by atoms with Crippen LogP contribution in [0.2, 0.25) is 0 Å². The van der Waals surface area contributed by atoms with Gasteiger partial charge >= 0.3 is 0 Å². The lowest BCUT2D eigenvalue weighted by Crippen LogP contribution is -2.28. The maximum Gasteiger partial charge on any atom is 0.267 e. The van der Waals surface area contributed by atoms with E-state index in [1.54, 1.807) is 23.9 Å². The number of pyridine rings is 2. The number of aromatic nitrogens is 3. The molecule has 0 spiro atoms. The zero-order valence-electron chi connectivity index (χ0n) is 12.8. The summed E-state index contributed by atoms with van der Waals surface area (Å²) in [5.74, 6) is 0. The van der Waals surface area contributed by atoms with Crippen LogP contribution < -0.4 is 11.0 Å². The van der Waals surface area contributed by atoms with Crippen LogP contribution in [0.15, 0.2) is 29.2 Å². The highest BCUT2D eigenvalue weighted by atomic mass is 16.5. The van der Waals surface area contributed by atoms with Gasteiger partial charge in [-0.05, 0) is 24.6 Å². The van der Waals surface area contributed by atoms with E-state index in [1.165, 1.54) is 10.5 Å². The number of nitrogens with one attached hydrogen (secondary N) is 1. The van der Waals surface area contributed by atoms with E-state index in [0.29, 0.717) is 29.8 Å². The molecule has 3 heterocycles. The normalized spacial score (nSPS) is 11.0. The monoisotopic (exact) mass is 309 g/mol. The summed E-state index contributed by atoms with van der Waals surface area (Å²) >= 11 is 0.